The lowest BCUT2D eigenvalue weighted by Gasteiger charge is -2.55. The van der Waals surface area contributed by atoms with Crippen molar-refractivity contribution >= 4 is 34.9 Å². The third-order valence-electron chi connectivity index (χ3n) is 7.42. The van der Waals surface area contributed by atoms with Crippen molar-refractivity contribution in [1.29, 1.82) is 0 Å². The Labute approximate surface area is 195 Å². The molecule has 3 amide bonds. The van der Waals surface area contributed by atoms with Crippen LogP contribution in [0, 0.1) is 23.2 Å². The van der Waals surface area contributed by atoms with E-state index in [4.69, 9.17) is 0 Å². The van der Waals surface area contributed by atoms with Crippen LogP contribution in [0.2, 0.25) is 0 Å². The zero-order chi connectivity index (χ0) is 23.2. The fourth-order valence-corrected chi connectivity index (χ4v) is 7.31. The molecule has 1 aromatic carbocycles. The van der Waals surface area contributed by atoms with Gasteiger partial charge in [0.1, 0.15) is 5.75 Å². The van der Waals surface area contributed by atoms with Gasteiger partial charge < -0.3 is 10.1 Å². The number of carbonyl (C=O) groups excluding carboxylic acids is 3. The number of nitrogens with zero attached hydrogens (tertiary/aromatic N) is 1. The Bertz CT molecular complexity index is 959. The van der Waals surface area contributed by atoms with Crippen LogP contribution in [-0.4, -0.2) is 41.7 Å². The van der Waals surface area contributed by atoms with Crippen molar-refractivity contribution in [2.24, 2.45) is 23.2 Å². The average molecular weight is 477 g/mol. The van der Waals surface area contributed by atoms with Gasteiger partial charge in [-0.05, 0) is 91.8 Å². The maximum absolute atomic E-state index is 13.1. The summed E-state index contributed by atoms with van der Waals surface area (Å²) in [5.41, 5.74) is 0.338. The van der Waals surface area contributed by atoms with Crippen molar-refractivity contribution in [1.82, 2.24) is 10.2 Å². The van der Waals surface area contributed by atoms with E-state index in [1.165, 1.54) is 43.5 Å². The van der Waals surface area contributed by atoms with E-state index < -0.39 is 12.5 Å². The van der Waals surface area contributed by atoms with E-state index in [1.54, 1.807) is 6.08 Å². The second-order valence-corrected chi connectivity index (χ2v) is 10.7. The highest BCUT2D eigenvalue weighted by Crippen LogP contribution is 2.60. The molecule has 1 aromatic rings. The summed E-state index contributed by atoms with van der Waals surface area (Å²) >= 11 is 0.832. The standard InChI is InChI=1S/C24H26F2N2O4S/c25-22(26)32-18-3-1-14(2-4-18)10-19-20(29)28(23(31)33-19)6-5-27-21(30)24-11-15-7-16(12-24)9-17(8-15)13-24/h1-4,10,15-17,22H,5-9,11-13H2,(H,27,30). The monoisotopic (exact) mass is 476 g/mol. The third-order valence-corrected chi connectivity index (χ3v) is 8.32. The second-order valence-electron chi connectivity index (χ2n) is 9.73. The number of hydrogen-bond donors (Lipinski definition) is 1. The molecular weight excluding hydrogens is 450 g/mol. The number of halogens is 2. The van der Waals surface area contributed by atoms with E-state index in [0.717, 1.165) is 35.9 Å². The van der Waals surface area contributed by atoms with Crippen LogP contribution in [0.5, 0.6) is 5.75 Å². The Morgan fingerprint density at radius 3 is 2.30 bits per heavy atom. The van der Waals surface area contributed by atoms with Gasteiger partial charge in [0, 0.05) is 18.5 Å². The summed E-state index contributed by atoms with van der Waals surface area (Å²) in [6, 6.07) is 5.83. The highest BCUT2D eigenvalue weighted by Gasteiger charge is 2.54. The molecule has 176 valence electrons. The van der Waals surface area contributed by atoms with Crippen molar-refractivity contribution in [3.63, 3.8) is 0 Å². The van der Waals surface area contributed by atoms with Gasteiger partial charge in [-0.3, -0.25) is 19.3 Å². The molecule has 1 heterocycles. The van der Waals surface area contributed by atoms with Crippen LogP contribution in [0.3, 0.4) is 0 Å². The highest BCUT2D eigenvalue weighted by atomic mass is 32.2. The minimum atomic E-state index is -2.91. The van der Waals surface area contributed by atoms with Crippen molar-refractivity contribution in [2.75, 3.05) is 13.1 Å². The summed E-state index contributed by atoms with van der Waals surface area (Å²) < 4.78 is 28.9. The molecule has 33 heavy (non-hydrogen) atoms. The van der Waals surface area contributed by atoms with Crippen LogP contribution >= 0.6 is 11.8 Å². The maximum Gasteiger partial charge on any atom is 0.387 e. The Balaban J connectivity index is 1.16. The number of nitrogens with one attached hydrogen (secondary N) is 1. The first-order chi connectivity index (χ1) is 15.8. The zero-order valence-corrected chi connectivity index (χ0v) is 18.9. The molecule has 1 saturated heterocycles. The number of hydrogen-bond acceptors (Lipinski definition) is 5. The van der Waals surface area contributed by atoms with Crippen LogP contribution in [-0.2, 0) is 9.59 Å². The van der Waals surface area contributed by atoms with Gasteiger partial charge in [0.05, 0.1) is 4.91 Å². The van der Waals surface area contributed by atoms with E-state index in [1.807, 2.05) is 0 Å². The SMILES string of the molecule is O=C1SC(=Cc2ccc(OC(F)F)cc2)C(=O)N1CCNC(=O)C12CC3CC(CC(C3)C1)C2. The van der Waals surface area contributed by atoms with Crippen molar-refractivity contribution in [2.45, 2.75) is 45.1 Å². The van der Waals surface area contributed by atoms with Gasteiger partial charge in [-0.1, -0.05) is 12.1 Å². The van der Waals surface area contributed by atoms with E-state index in [-0.39, 0.29) is 40.3 Å². The van der Waals surface area contributed by atoms with E-state index in [0.29, 0.717) is 23.3 Å². The molecule has 0 unspecified atom stereocenters. The Morgan fingerprint density at radius 2 is 1.73 bits per heavy atom. The molecule has 4 saturated carbocycles. The molecule has 1 aliphatic heterocycles. The predicted molar refractivity (Wildman–Crippen MR) is 119 cm³/mol. The number of alkyl halides is 2. The van der Waals surface area contributed by atoms with Gasteiger partial charge in [0.25, 0.3) is 11.1 Å². The zero-order valence-electron chi connectivity index (χ0n) is 18.1. The normalized spacial score (nSPS) is 31.7. The van der Waals surface area contributed by atoms with Gasteiger partial charge >= 0.3 is 6.61 Å². The molecule has 4 aliphatic carbocycles. The molecule has 5 aliphatic rings. The number of carbonyl (C=O) groups is 3. The number of amides is 3. The molecule has 5 fully saturated rings. The number of ether oxygens (including phenoxy) is 1. The molecular formula is C24H26F2N2O4S. The number of benzene rings is 1. The summed E-state index contributed by atoms with van der Waals surface area (Å²) in [6.45, 7) is -2.54. The summed E-state index contributed by atoms with van der Waals surface area (Å²) in [6.07, 6.45) is 8.24. The van der Waals surface area contributed by atoms with E-state index >= 15 is 0 Å². The second kappa shape index (κ2) is 8.74. The summed E-state index contributed by atoms with van der Waals surface area (Å²) in [5, 5.41) is 2.62. The summed E-state index contributed by atoms with van der Waals surface area (Å²) in [7, 11) is 0. The van der Waals surface area contributed by atoms with E-state index in [9.17, 15) is 23.2 Å². The highest BCUT2D eigenvalue weighted by molar-refractivity contribution is 8.18. The van der Waals surface area contributed by atoms with Crippen LogP contribution in [0.1, 0.15) is 44.1 Å². The topological polar surface area (TPSA) is 75.7 Å². The van der Waals surface area contributed by atoms with Crippen molar-refractivity contribution in [3.05, 3.63) is 34.7 Å². The van der Waals surface area contributed by atoms with Gasteiger partial charge in [0.2, 0.25) is 5.91 Å². The Hall–Kier alpha value is -2.42. The van der Waals surface area contributed by atoms with Crippen LogP contribution in [0.4, 0.5) is 13.6 Å². The van der Waals surface area contributed by atoms with Gasteiger partial charge in [0.15, 0.2) is 0 Å². The minimum absolute atomic E-state index is 0.0185. The molecule has 0 radical (unpaired) electrons. The van der Waals surface area contributed by atoms with Crippen LogP contribution in [0.25, 0.3) is 6.08 Å². The molecule has 0 atom stereocenters. The number of thioether (sulfide) groups is 1. The minimum Gasteiger partial charge on any atom is -0.435 e. The number of rotatable bonds is 7. The van der Waals surface area contributed by atoms with Crippen molar-refractivity contribution in [3.8, 4) is 5.75 Å². The van der Waals surface area contributed by atoms with Crippen LogP contribution < -0.4 is 10.1 Å². The van der Waals surface area contributed by atoms with E-state index in [2.05, 4.69) is 10.1 Å². The Morgan fingerprint density at radius 1 is 1.12 bits per heavy atom. The first-order valence-corrected chi connectivity index (χ1v) is 12.2. The predicted octanol–water partition coefficient (Wildman–Crippen LogP) is 4.66. The summed E-state index contributed by atoms with van der Waals surface area (Å²) in [5.74, 6) is 1.69. The molecule has 6 rings (SSSR count). The quantitative estimate of drug-likeness (QED) is 0.580. The number of imide groups is 1. The van der Waals surface area contributed by atoms with Crippen LogP contribution in [0.15, 0.2) is 29.2 Å². The lowest BCUT2D eigenvalue weighted by atomic mass is 9.49. The first kappa shape index (κ1) is 22.4. The van der Waals surface area contributed by atoms with Crippen molar-refractivity contribution < 1.29 is 27.9 Å². The smallest absolute Gasteiger partial charge is 0.387 e. The van der Waals surface area contributed by atoms with Gasteiger partial charge in [-0.15, -0.1) is 0 Å². The van der Waals surface area contributed by atoms with Gasteiger partial charge in [-0.2, -0.15) is 8.78 Å². The Kier molecular flexibility index (Phi) is 5.93. The molecule has 0 aromatic heterocycles. The van der Waals surface area contributed by atoms with Gasteiger partial charge in [-0.25, -0.2) is 0 Å². The first-order valence-electron chi connectivity index (χ1n) is 11.4. The molecule has 1 N–H and O–H groups in total. The largest absolute Gasteiger partial charge is 0.435 e. The third kappa shape index (κ3) is 4.52. The molecule has 6 nitrogen and oxygen atoms in total. The molecule has 9 heteroatoms. The lowest BCUT2D eigenvalue weighted by molar-refractivity contribution is -0.146. The average Bonchev–Trinajstić information content (AvgIpc) is 3.01. The fourth-order valence-electron chi connectivity index (χ4n) is 6.45. The lowest BCUT2D eigenvalue weighted by Crippen LogP contribution is -2.54. The molecule has 0 spiro atoms. The summed E-state index contributed by atoms with van der Waals surface area (Å²) in [4.78, 5) is 39.5. The fraction of sp³-hybridized carbons (Fsp3) is 0.542. The molecule has 4 bridgehead atoms. The maximum atomic E-state index is 13.1.